The number of anilines is 1. The smallest absolute Gasteiger partial charge is 0.407 e. The van der Waals surface area contributed by atoms with Crippen LogP contribution in [0.4, 0.5) is 33.2 Å². The number of aliphatic carboxylic acids is 1. The van der Waals surface area contributed by atoms with Crippen LogP contribution in [0.15, 0.2) is 159 Å². The Morgan fingerprint density at radius 3 is 1.20 bits per heavy atom. The number of aromatic amines is 1. The number of nitrogens with zero attached hydrogens (tertiary/aromatic N) is 11. The average molecular weight is 1930 g/mol. The van der Waals surface area contributed by atoms with Gasteiger partial charge in [0.1, 0.15) is 19.5 Å². The number of halogens is 3. The number of alkyl carbamates (subject to hydrolysis) is 3. The molecule has 39 heteroatoms. The van der Waals surface area contributed by atoms with Crippen LogP contribution in [0, 0.1) is 17.5 Å². The number of aromatic nitrogens is 9. The van der Waals surface area contributed by atoms with E-state index in [1.54, 1.807) is 134 Å². The molecule has 0 aliphatic heterocycles. The molecule has 137 heavy (non-hydrogen) atoms. The van der Waals surface area contributed by atoms with Gasteiger partial charge in [0.25, 0.3) is 16.7 Å². The van der Waals surface area contributed by atoms with Gasteiger partial charge in [-0.25, -0.2) is 32.3 Å². The van der Waals surface area contributed by atoms with Crippen molar-refractivity contribution in [3.05, 3.63) is 239 Å². The molecule has 740 valence electrons. The van der Waals surface area contributed by atoms with Gasteiger partial charge >= 0.3 is 24.2 Å². The zero-order chi connectivity index (χ0) is 102. The fourth-order valence-electron chi connectivity index (χ4n) is 13.4. The van der Waals surface area contributed by atoms with Crippen molar-refractivity contribution in [3.63, 3.8) is 0 Å². The second kappa shape index (κ2) is 53.6. The summed E-state index contributed by atoms with van der Waals surface area (Å²) in [5.74, 6) is -3.83. The number of nitrogens with two attached hydrogens (primary N) is 1. The molecule has 34 nitrogen and oxygen atoms in total. The van der Waals surface area contributed by atoms with Crippen LogP contribution in [0.2, 0.25) is 51.4 Å². The van der Waals surface area contributed by atoms with Gasteiger partial charge in [0.2, 0.25) is 17.7 Å². The Balaban J connectivity index is 0.000000294. The summed E-state index contributed by atoms with van der Waals surface area (Å²) in [4.78, 5) is 166. The highest BCUT2D eigenvalue weighted by atomic mass is 28.3. The molecule has 0 aliphatic rings. The van der Waals surface area contributed by atoms with Gasteiger partial charge in [-0.3, -0.25) is 53.3 Å². The molecule has 0 aliphatic carbocycles. The number of carbonyl (C=O) groups excluding carboxylic acids is 8. The molecule has 0 fully saturated rings. The van der Waals surface area contributed by atoms with Gasteiger partial charge in [-0.1, -0.05) is 86.4 Å². The third-order valence-corrected chi connectivity index (χ3v) is 24.3. The van der Waals surface area contributed by atoms with E-state index in [4.69, 9.17) is 25.1 Å². The maximum absolute atomic E-state index is 15.1. The van der Waals surface area contributed by atoms with Crippen LogP contribution in [0.3, 0.4) is 0 Å². The molecule has 0 radical (unpaired) electrons. The standard InChI is InChI=1S/C35H48FN5O6Si.C29H34FN5O5.C23H31FN4O2Si.C11H18N2O5/c1-24(2)18-30-33-27(28(36)21-37-30)20-26(41(33)23-47-16-17-48(6,7)8)22-40-15-11-12-25(34(40)44)19-31(42)29(38-35(45)46-5)13-9-10-14-32(43)39(3)4;1-18(2)13-24-27-21(22(30)16-31-24)15-20(32-27)17-35-12-8-9-19(28(35)38)14-25(36)23(33-29(39)40-5)10-6-7-11-26(37)34(3)4;1-16(2)11-21-22-18(19(24)13-26-21)12-17(14-27-8-6-7-20(25)23(27)29)28(22)15-30-9-10-31(3,4)5;1-13(2)9(14)7-5-4-6-8(10(15)16)12-11(17)18-3/h10-12,14-15,18,20-21,29H,9,13,16-17,19,22-23H2,1-8H3,(H,38,45);7-9,11-13,15-16,23,32H,6,10,14,17H2,1-5H3,(H,33,39);6-8,11-13H,9-10,14-15,25H2,1-5H3;5,7-8H,4,6H2,1-3H3,(H,12,17)(H,15,16)/b14-10+;11-7+;;7-5+/t29-;23-;;8-/m00.0/s1. The second-order valence-electron chi connectivity index (χ2n) is 36.2. The summed E-state index contributed by atoms with van der Waals surface area (Å²) in [6.45, 7) is 27.4. The molecule has 9 rings (SSSR count). The molecule has 6 amide bonds. The van der Waals surface area contributed by atoms with E-state index in [9.17, 15) is 66.3 Å². The third-order valence-electron chi connectivity index (χ3n) is 20.9. The zero-order valence-electron chi connectivity index (χ0n) is 82.1. The topological polar surface area (TPSA) is 422 Å². The average Bonchev–Trinajstić information content (AvgIpc) is 1.62. The van der Waals surface area contributed by atoms with Gasteiger partial charge in [0.15, 0.2) is 29.0 Å². The number of carboxylic acid groups (broad SMARTS) is 1. The minimum absolute atomic E-state index is 0.0924. The zero-order valence-corrected chi connectivity index (χ0v) is 84.1. The number of ketones is 2. The van der Waals surface area contributed by atoms with Crippen molar-refractivity contribution in [3.8, 4) is 0 Å². The number of allylic oxidation sites excluding steroid dienone is 6. The van der Waals surface area contributed by atoms with E-state index in [-0.39, 0.29) is 122 Å². The summed E-state index contributed by atoms with van der Waals surface area (Å²) in [5, 5.41) is 17.3. The van der Waals surface area contributed by atoms with Crippen LogP contribution in [0.5, 0.6) is 0 Å². The lowest BCUT2D eigenvalue weighted by molar-refractivity contribution is -0.139. The van der Waals surface area contributed by atoms with Crippen molar-refractivity contribution in [1.29, 1.82) is 0 Å². The molecule has 0 spiro atoms. The number of amides is 6. The molecule has 3 atom stereocenters. The molecule has 9 aromatic rings. The molecule has 9 heterocycles. The fraction of sp³-hybridized carbons (Fsp3) is 0.418. The minimum Gasteiger partial charge on any atom is -0.480 e. The number of hydrogen-bond acceptors (Lipinski definition) is 21. The number of nitrogens with one attached hydrogen (secondary N) is 4. The summed E-state index contributed by atoms with van der Waals surface area (Å²) in [7, 11) is 10.7. The highest BCUT2D eigenvalue weighted by Crippen LogP contribution is 2.31. The number of nitrogen functional groups attached to an aromatic ring is 1. The van der Waals surface area contributed by atoms with E-state index in [1.165, 1.54) is 79.4 Å². The van der Waals surface area contributed by atoms with Crippen molar-refractivity contribution < 1.29 is 85.1 Å². The Labute approximate surface area is 797 Å². The maximum atomic E-state index is 15.1. The third kappa shape index (κ3) is 35.8. The second-order valence-corrected chi connectivity index (χ2v) is 47.5. The number of carboxylic acids is 1. The lowest BCUT2D eigenvalue weighted by atomic mass is 10.0. The summed E-state index contributed by atoms with van der Waals surface area (Å²) < 4.78 is 78.3. The van der Waals surface area contributed by atoms with Gasteiger partial charge in [-0.15, -0.1) is 0 Å². The van der Waals surface area contributed by atoms with Crippen molar-refractivity contribution in [2.45, 2.75) is 196 Å². The van der Waals surface area contributed by atoms with E-state index in [1.807, 2.05) is 68.9 Å². The molecule has 0 aromatic carbocycles. The number of pyridine rings is 6. The lowest BCUT2D eigenvalue weighted by Crippen LogP contribution is -2.42. The van der Waals surface area contributed by atoms with E-state index < -0.39 is 81.5 Å². The Morgan fingerprint density at radius 2 is 0.832 bits per heavy atom. The summed E-state index contributed by atoms with van der Waals surface area (Å²) >= 11 is 0. The number of likely N-dealkylation sites (N-methyl/N-ethyl adjacent to an activating group) is 3. The number of H-pyrrole nitrogens is 1. The quantitative estimate of drug-likeness (QED) is 0.00897. The number of hydrogen-bond donors (Lipinski definition) is 6. The van der Waals surface area contributed by atoms with Crippen LogP contribution >= 0.6 is 0 Å². The molecule has 0 saturated carbocycles. The number of methoxy groups -OCH3 is 3. The van der Waals surface area contributed by atoms with E-state index in [0.717, 1.165) is 41.6 Å². The first-order valence-electron chi connectivity index (χ1n) is 44.4. The van der Waals surface area contributed by atoms with Crippen LogP contribution in [-0.2, 0) is 98.4 Å². The van der Waals surface area contributed by atoms with Crippen molar-refractivity contribution in [2.24, 2.45) is 0 Å². The molecule has 0 bridgehead atoms. The molecular formula is C98H131F3N16O18Si2. The number of carbonyl (C=O) groups is 9. The van der Waals surface area contributed by atoms with Gasteiger partial charge in [0, 0.05) is 147 Å². The van der Waals surface area contributed by atoms with Crippen LogP contribution in [-0.4, -0.2) is 227 Å². The normalized spacial score (nSPS) is 12.0. The van der Waals surface area contributed by atoms with Gasteiger partial charge in [-0.05, 0) is 171 Å². The van der Waals surface area contributed by atoms with Crippen LogP contribution < -0.4 is 38.4 Å². The summed E-state index contributed by atoms with van der Waals surface area (Å²) in [6, 6.07) is 14.0. The summed E-state index contributed by atoms with van der Waals surface area (Å²) in [5.41, 5.74) is 14.1. The lowest BCUT2D eigenvalue weighted by Gasteiger charge is -2.18. The Bertz CT molecular complexity index is 6130. The Hall–Kier alpha value is -13.7. The number of Topliss-reactive ketones (excluding diaryl/α,β-unsaturated/α-hetero) is 2. The van der Waals surface area contributed by atoms with Crippen LogP contribution in [0.25, 0.3) is 50.9 Å². The van der Waals surface area contributed by atoms with E-state index >= 15 is 4.39 Å². The fourth-order valence-corrected chi connectivity index (χ4v) is 15.0. The first-order valence-corrected chi connectivity index (χ1v) is 51.8. The number of fused-ring (bicyclic) bond motifs is 3. The predicted molar refractivity (Wildman–Crippen MR) is 530 cm³/mol. The number of rotatable bonds is 41. The summed E-state index contributed by atoms with van der Waals surface area (Å²) in [6.07, 6.45) is 22.0. The first kappa shape index (κ1) is 112. The molecule has 7 N–H and O–H groups in total. The predicted octanol–water partition coefficient (Wildman–Crippen LogP) is 13.9. The maximum Gasteiger partial charge on any atom is 0.407 e. The molecule has 9 aromatic heterocycles. The van der Waals surface area contributed by atoms with Gasteiger partial charge in [0.05, 0.1) is 111 Å². The first-order chi connectivity index (χ1) is 64.5. The van der Waals surface area contributed by atoms with Gasteiger partial charge < -0.3 is 93.0 Å². The van der Waals surface area contributed by atoms with E-state index in [0.29, 0.717) is 93.7 Å². The molecule has 0 unspecified atom stereocenters. The molecular weight excluding hydrogens is 1800 g/mol. The van der Waals surface area contributed by atoms with Gasteiger partial charge in [-0.2, -0.15) is 0 Å². The van der Waals surface area contributed by atoms with Crippen molar-refractivity contribution in [2.75, 3.05) is 82.6 Å². The Kier molecular flexibility index (Phi) is 43.8. The largest absolute Gasteiger partial charge is 0.480 e. The monoisotopic (exact) mass is 1930 g/mol. The SMILES string of the molecule is CC(C)=Cc1ncc(F)c2cc(Cn3cccc(N)c3=O)n(COCC[Si](C)(C)C)c12.COC(=O)N[C@@H](CC/C=C/C(=O)N(C)C)C(=O)Cc1cccn(Cc2cc3c(F)cnc(C=C(C)C)c3[nH]2)c1=O.COC(=O)N[C@@H](CC/C=C/C(=O)N(C)C)C(=O)Cc1cccn(Cc2cc3c(F)cnc(C=C(C)C)c3n2COCC[Si](C)(C)C)c1=O.COC(=O)N[C@@H](CC/C=C/C(=O)N(C)C)C(=O)O. The highest BCUT2D eigenvalue weighted by Gasteiger charge is 2.28. The van der Waals surface area contributed by atoms with Crippen molar-refractivity contribution >= 4 is 126 Å². The highest BCUT2D eigenvalue weighted by molar-refractivity contribution is 6.76. The number of ether oxygens (including phenoxy) is 5. The molecule has 0 saturated heterocycles. The van der Waals surface area contributed by atoms with E-state index in [2.05, 4.69) is 84.6 Å². The Morgan fingerprint density at radius 1 is 0.489 bits per heavy atom. The van der Waals surface area contributed by atoms with Crippen LogP contribution in [0.1, 0.15) is 125 Å². The minimum atomic E-state index is -1.35. The van der Waals surface area contributed by atoms with Crippen molar-refractivity contribution in [1.82, 2.24) is 73.4 Å².